The number of nitrogens with two attached hydrogens (primary N) is 1. The van der Waals surface area contributed by atoms with Crippen LogP contribution in [0.2, 0.25) is 5.02 Å². The van der Waals surface area contributed by atoms with Gasteiger partial charge in [0.25, 0.3) is 0 Å². The van der Waals surface area contributed by atoms with Gasteiger partial charge < -0.3 is 11.1 Å². The Bertz CT molecular complexity index is 529. The summed E-state index contributed by atoms with van der Waals surface area (Å²) in [5.74, 6) is -0.196. The number of amides is 1. The number of carbonyl (C=O) groups excluding carboxylic acids is 1. The van der Waals surface area contributed by atoms with Crippen molar-refractivity contribution in [3.63, 3.8) is 0 Å². The molecule has 0 aliphatic heterocycles. The Kier molecular flexibility index (Phi) is 5.55. The molecule has 4 nitrogen and oxygen atoms in total. The fourth-order valence-electron chi connectivity index (χ4n) is 1.99. The Morgan fingerprint density at radius 3 is 2.70 bits per heavy atom. The van der Waals surface area contributed by atoms with Crippen LogP contribution in [-0.4, -0.2) is 11.9 Å². The maximum Gasteiger partial charge on any atom is 0.225 e. The van der Waals surface area contributed by atoms with Crippen LogP contribution in [0, 0.1) is 16.7 Å². The summed E-state index contributed by atoms with van der Waals surface area (Å²) in [6.07, 6.45) is 0.983. The number of carbonyl (C=O) groups is 1. The monoisotopic (exact) mass is 293 g/mol. The summed E-state index contributed by atoms with van der Waals surface area (Å²) in [5.41, 5.74) is 6.93. The fraction of sp³-hybridized carbons (Fsp3) is 0.467. The van der Waals surface area contributed by atoms with Gasteiger partial charge in [-0.05, 0) is 30.0 Å². The summed E-state index contributed by atoms with van der Waals surface area (Å²) < 4.78 is 0. The molecule has 5 heteroatoms. The number of nitrogens with zero attached hydrogens (tertiary/aromatic N) is 1. The molecule has 1 aromatic carbocycles. The Balaban J connectivity index is 2.65. The Labute approximate surface area is 124 Å². The van der Waals surface area contributed by atoms with Gasteiger partial charge in [-0.3, -0.25) is 4.79 Å². The van der Waals surface area contributed by atoms with Crippen molar-refractivity contribution in [1.82, 2.24) is 0 Å². The van der Waals surface area contributed by atoms with Crippen LogP contribution in [0.3, 0.4) is 0 Å². The fourth-order valence-corrected chi connectivity index (χ4v) is 2.15. The third-order valence-corrected chi connectivity index (χ3v) is 3.02. The molecule has 0 radical (unpaired) electrons. The van der Waals surface area contributed by atoms with Crippen LogP contribution in [0.15, 0.2) is 18.2 Å². The van der Waals surface area contributed by atoms with Crippen LogP contribution < -0.4 is 11.1 Å². The largest absolute Gasteiger partial charge is 0.327 e. The van der Waals surface area contributed by atoms with Gasteiger partial charge in [-0.2, -0.15) is 5.26 Å². The van der Waals surface area contributed by atoms with Crippen LogP contribution in [0.25, 0.3) is 0 Å². The van der Waals surface area contributed by atoms with Gasteiger partial charge in [0.2, 0.25) is 5.91 Å². The molecule has 20 heavy (non-hydrogen) atoms. The normalized spacial score (nSPS) is 12.6. The quantitative estimate of drug-likeness (QED) is 0.894. The predicted molar refractivity (Wildman–Crippen MR) is 81.5 cm³/mol. The Hall–Kier alpha value is -1.57. The molecule has 1 amide bonds. The summed E-state index contributed by atoms with van der Waals surface area (Å²) >= 11 is 5.98. The van der Waals surface area contributed by atoms with Crippen LogP contribution >= 0.6 is 11.6 Å². The molecule has 0 fully saturated rings. The molecular weight excluding hydrogens is 274 g/mol. The molecule has 0 aliphatic rings. The van der Waals surface area contributed by atoms with Gasteiger partial charge in [0, 0.05) is 12.5 Å². The van der Waals surface area contributed by atoms with E-state index in [0.717, 1.165) is 6.42 Å². The zero-order valence-corrected chi connectivity index (χ0v) is 12.8. The minimum atomic E-state index is -0.201. The SMILES string of the molecule is CC(C)(C)CC(N)CC(=O)Nc1cc(C#N)ccc1Cl. The van der Waals surface area contributed by atoms with Crippen molar-refractivity contribution in [2.75, 3.05) is 5.32 Å². The molecule has 1 rings (SSSR count). The van der Waals surface area contributed by atoms with Crippen molar-refractivity contribution < 1.29 is 4.79 Å². The lowest BCUT2D eigenvalue weighted by Crippen LogP contribution is -2.31. The van der Waals surface area contributed by atoms with Crippen LogP contribution in [0.1, 0.15) is 39.2 Å². The van der Waals surface area contributed by atoms with Crippen LogP contribution in [0.4, 0.5) is 5.69 Å². The lowest BCUT2D eigenvalue weighted by Gasteiger charge is -2.22. The molecule has 0 saturated carbocycles. The highest BCUT2D eigenvalue weighted by Crippen LogP contribution is 2.24. The molecule has 1 unspecified atom stereocenters. The van der Waals surface area contributed by atoms with E-state index >= 15 is 0 Å². The zero-order chi connectivity index (χ0) is 15.3. The average molecular weight is 294 g/mol. The number of hydrogen-bond donors (Lipinski definition) is 2. The number of nitrogens with one attached hydrogen (secondary N) is 1. The van der Waals surface area contributed by atoms with E-state index in [4.69, 9.17) is 22.6 Å². The molecule has 1 aromatic rings. The van der Waals surface area contributed by atoms with E-state index in [9.17, 15) is 4.79 Å². The number of rotatable bonds is 4. The third-order valence-electron chi connectivity index (χ3n) is 2.69. The zero-order valence-electron chi connectivity index (χ0n) is 12.0. The van der Waals surface area contributed by atoms with E-state index in [2.05, 4.69) is 26.1 Å². The van der Waals surface area contributed by atoms with Gasteiger partial charge in [-0.15, -0.1) is 0 Å². The second kappa shape index (κ2) is 6.74. The van der Waals surface area contributed by atoms with Gasteiger partial charge in [-0.25, -0.2) is 0 Å². The molecule has 0 aliphatic carbocycles. The molecule has 0 heterocycles. The smallest absolute Gasteiger partial charge is 0.225 e. The summed E-state index contributed by atoms with van der Waals surface area (Å²) in [6, 6.07) is 6.54. The molecule has 0 spiro atoms. The molecule has 0 bridgehead atoms. The topological polar surface area (TPSA) is 78.9 Å². The first-order valence-electron chi connectivity index (χ1n) is 6.46. The van der Waals surface area contributed by atoms with Crippen molar-refractivity contribution in [3.05, 3.63) is 28.8 Å². The van der Waals surface area contributed by atoms with Gasteiger partial charge in [-0.1, -0.05) is 32.4 Å². The highest BCUT2D eigenvalue weighted by atomic mass is 35.5. The molecule has 0 aromatic heterocycles. The van der Waals surface area contributed by atoms with Crippen molar-refractivity contribution in [2.24, 2.45) is 11.1 Å². The summed E-state index contributed by atoms with van der Waals surface area (Å²) in [6.45, 7) is 6.24. The van der Waals surface area contributed by atoms with E-state index in [-0.39, 0.29) is 23.8 Å². The van der Waals surface area contributed by atoms with E-state index in [0.29, 0.717) is 16.3 Å². The minimum absolute atomic E-state index is 0.0814. The maximum atomic E-state index is 11.9. The Morgan fingerprint density at radius 2 is 2.15 bits per heavy atom. The van der Waals surface area contributed by atoms with Gasteiger partial charge in [0.1, 0.15) is 0 Å². The second-order valence-electron chi connectivity index (χ2n) is 6.08. The third kappa shape index (κ3) is 5.60. The number of nitriles is 1. The highest BCUT2D eigenvalue weighted by Gasteiger charge is 2.18. The van der Waals surface area contributed by atoms with Gasteiger partial charge in [0.15, 0.2) is 0 Å². The van der Waals surface area contributed by atoms with E-state index < -0.39 is 0 Å². The molecule has 108 valence electrons. The first-order valence-corrected chi connectivity index (χ1v) is 6.84. The number of benzene rings is 1. The number of hydrogen-bond acceptors (Lipinski definition) is 3. The maximum absolute atomic E-state index is 11.9. The second-order valence-corrected chi connectivity index (χ2v) is 6.49. The van der Waals surface area contributed by atoms with Crippen LogP contribution in [-0.2, 0) is 4.79 Å². The standard InChI is InChI=1S/C15H20ClN3O/c1-15(2,3)8-11(18)7-14(20)19-13-6-10(9-17)4-5-12(13)16/h4-6,11H,7-8,18H2,1-3H3,(H,19,20). The van der Waals surface area contributed by atoms with Crippen LogP contribution in [0.5, 0.6) is 0 Å². The van der Waals surface area contributed by atoms with E-state index in [1.807, 2.05) is 6.07 Å². The predicted octanol–water partition coefficient (Wildman–Crippen LogP) is 3.30. The van der Waals surface area contributed by atoms with E-state index in [1.54, 1.807) is 18.2 Å². The van der Waals surface area contributed by atoms with Crippen molar-refractivity contribution in [2.45, 2.75) is 39.7 Å². The summed E-state index contributed by atoms with van der Waals surface area (Å²) in [7, 11) is 0. The lowest BCUT2D eigenvalue weighted by molar-refractivity contribution is -0.116. The minimum Gasteiger partial charge on any atom is -0.327 e. The van der Waals surface area contributed by atoms with Crippen molar-refractivity contribution in [3.8, 4) is 6.07 Å². The van der Waals surface area contributed by atoms with Crippen molar-refractivity contribution in [1.29, 1.82) is 5.26 Å². The number of anilines is 1. The summed E-state index contributed by atoms with van der Waals surface area (Å²) in [4.78, 5) is 11.9. The average Bonchev–Trinajstić information content (AvgIpc) is 2.29. The lowest BCUT2D eigenvalue weighted by atomic mass is 9.87. The first kappa shape index (κ1) is 16.5. The van der Waals surface area contributed by atoms with Crippen molar-refractivity contribution >= 4 is 23.2 Å². The number of halogens is 1. The Morgan fingerprint density at radius 1 is 1.50 bits per heavy atom. The molecular formula is C15H20ClN3O. The molecule has 3 N–H and O–H groups in total. The van der Waals surface area contributed by atoms with Gasteiger partial charge in [0.05, 0.1) is 22.3 Å². The molecule has 0 saturated heterocycles. The van der Waals surface area contributed by atoms with E-state index in [1.165, 1.54) is 0 Å². The molecule has 1 atom stereocenters. The first-order chi connectivity index (χ1) is 9.21. The summed E-state index contributed by atoms with van der Waals surface area (Å²) in [5, 5.41) is 11.9. The van der Waals surface area contributed by atoms with Gasteiger partial charge >= 0.3 is 0 Å². The highest BCUT2D eigenvalue weighted by molar-refractivity contribution is 6.33.